The Morgan fingerprint density at radius 3 is 1.80 bits per heavy atom. The molecule has 0 aliphatic heterocycles. The zero-order chi connectivity index (χ0) is 10.7. The van der Waals surface area contributed by atoms with Crippen molar-refractivity contribution in [2.45, 2.75) is 6.92 Å². The van der Waals surface area contributed by atoms with Gasteiger partial charge >= 0.3 is 0 Å². The molecular formula is C10H11N5. The van der Waals surface area contributed by atoms with Crippen molar-refractivity contribution in [1.82, 2.24) is 19.9 Å². The van der Waals surface area contributed by atoms with E-state index in [9.17, 15) is 0 Å². The van der Waals surface area contributed by atoms with Crippen LogP contribution in [-0.4, -0.2) is 27.0 Å². The quantitative estimate of drug-likeness (QED) is 0.793. The molecule has 76 valence electrons. The third-order valence-corrected chi connectivity index (χ3v) is 1.99. The summed E-state index contributed by atoms with van der Waals surface area (Å²) in [5, 5.41) is 2.86. The summed E-state index contributed by atoms with van der Waals surface area (Å²) in [4.78, 5) is 16.5. The average molecular weight is 201 g/mol. The van der Waals surface area contributed by atoms with Crippen molar-refractivity contribution >= 4 is 5.95 Å². The molecule has 2 aromatic heterocycles. The maximum absolute atomic E-state index is 4.12. The molecule has 0 spiro atoms. The van der Waals surface area contributed by atoms with E-state index in [1.54, 1.807) is 31.8 Å². The molecule has 2 aromatic rings. The van der Waals surface area contributed by atoms with E-state index in [1.165, 1.54) is 0 Å². The Labute approximate surface area is 87.6 Å². The molecule has 0 fully saturated rings. The first-order chi connectivity index (χ1) is 7.29. The highest BCUT2D eigenvalue weighted by Gasteiger charge is 2.00. The normalized spacial score (nSPS) is 10.0. The van der Waals surface area contributed by atoms with Gasteiger partial charge in [0.15, 0.2) is 0 Å². The molecule has 0 aliphatic rings. The van der Waals surface area contributed by atoms with Gasteiger partial charge in [-0.15, -0.1) is 0 Å². The third kappa shape index (κ3) is 2.07. The molecule has 0 atom stereocenters. The van der Waals surface area contributed by atoms with Gasteiger partial charge in [-0.05, 0) is 6.92 Å². The largest absolute Gasteiger partial charge is 0.357 e. The number of aromatic nitrogens is 4. The third-order valence-electron chi connectivity index (χ3n) is 1.99. The van der Waals surface area contributed by atoms with Crippen LogP contribution >= 0.6 is 0 Å². The average Bonchev–Trinajstić information content (AvgIpc) is 2.30. The van der Waals surface area contributed by atoms with Gasteiger partial charge in [-0.1, -0.05) is 0 Å². The van der Waals surface area contributed by atoms with Crippen molar-refractivity contribution in [2.24, 2.45) is 0 Å². The van der Waals surface area contributed by atoms with Gasteiger partial charge in [0.1, 0.15) is 5.82 Å². The van der Waals surface area contributed by atoms with Crippen molar-refractivity contribution < 1.29 is 0 Å². The van der Waals surface area contributed by atoms with Gasteiger partial charge in [-0.3, -0.25) is 0 Å². The van der Waals surface area contributed by atoms with Crippen molar-refractivity contribution in [3.8, 4) is 11.1 Å². The molecule has 2 heterocycles. The maximum atomic E-state index is 4.12. The molecule has 15 heavy (non-hydrogen) atoms. The Hall–Kier alpha value is -2.04. The van der Waals surface area contributed by atoms with Gasteiger partial charge in [0, 0.05) is 43.0 Å². The number of hydrogen-bond acceptors (Lipinski definition) is 5. The van der Waals surface area contributed by atoms with E-state index in [0.717, 1.165) is 17.0 Å². The molecule has 2 rings (SSSR count). The van der Waals surface area contributed by atoms with Gasteiger partial charge in [0.2, 0.25) is 5.95 Å². The molecule has 5 nitrogen and oxygen atoms in total. The van der Waals surface area contributed by atoms with Crippen LogP contribution in [-0.2, 0) is 0 Å². The topological polar surface area (TPSA) is 63.6 Å². The minimum Gasteiger partial charge on any atom is -0.357 e. The van der Waals surface area contributed by atoms with Crippen LogP contribution < -0.4 is 5.32 Å². The summed E-state index contributed by atoms with van der Waals surface area (Å²) in [6, 6.07) is 0. The zero-order valence-electron chi connectivity index (χ0n) is 8.60. The smallest absolute Gasteiger partial charge is 0.222 e. The van der Waals surface area contributed by atoms with Gasteiger partial charge in [-0.2, -0.15) is 0 Å². The standard InChI is InChI=1S/C10H11N5/c1-7-12-3-8(4-13-7)9-5-14-10(11-2)15-6-9/h3-6H,1-2H3,(H,11,14,15). The summed E-state index contributed by atoms with van der Waals surface area (Å²) in [6.45, 7) is 1.85. The first-order valence-electron chi connectivity index (χ1n) is 4.58. The predicted octanol–water partition coefficient (Wildman–Crippen LogP) is 1.28. The summed E-state index contributed by atoms with van der Waals surface area (Å²) >= 11 is 0. The minimum atomic E-state index is 0.604. The molecule has 0 aliphatic carbocycles. The summed E-state index contributed by atoms with van der Waals surface area (Å²) in [5.41, 5.74) is 1.83. The van der Waals surface area contributed by atoms with E-state index in [4.69, 9.17) is 0 Å². The molecule has 1 N–H and O–H groups in total. The van der Waals surface area contributed by atoms with Gasteiger partial charge in [0.25, 0.3) is 0 Å². The molecule has 0 radical (unpaired) electrons. The number of nitrogens with one attached hydrogen (secondary N) is 1. The second kappa shape index (κ2) is 4.00. The number of aryl methyl sites for hydroxylation is 1. The Kier molecular flexibility index (Phi) is 2.53. The molecule has 0 saturated heterocycles. The summed E-state index contributed by atoms with van der Waals surface area (Å²) in [7, 11) is 1.78. The first-order valence-corrected chi connectivity index (χ1v) is 4.58. The van der Waals surface area contributed by atoms with Crippen LogP contribution in [0.3, 0.4) is 0 Å². The van der Waals surface area contributed by atoms with Crippen molar-refractivity contribution in [1.29, 1.82) is 0 Å². The van der Waals surface area contributed by atoms with Crippen LogP contribution in [0.2, 0.25) is 0 Å². The summed E-state index contributed by atoms with van der Waals surface area (Å²) in [6.07, 6.45) is 7.01. The maximum Gasteiger partial charge on any atom is 0.222 e. The SMILES string of the molecule is CNc1ncc(-c2cnc(C)nc2)cn1. The Balaban J connectivity index is 2.33. The Morgan fingerprint density at radius 1 is 0.867 bits per heavy atom. The second-order valence-electron chi connectivity index (χ2n) is 3.06. The number of hydrogen-bond donors (Lipinski definition) is 1. The molecule has 0 aromatic carbocycles. The van der Waals surface area contributed by atoms with E-state index in [0.29, 0.717) is 5.95 Å². The fraction of sp³-hybridized carbons (Fsp3) is 0.200. The lowest BCUT2D eigenvalue weighted by Crippen LogP contribution is -1.96. The van der Waals surface area contributed by atoms with Gasteiger partial charge in [-0.25, -0.2) is 19.9 Å². The van der Waals surface area contributed by atoms with Crippen molar-refractivity contribution in [2.75, 3.05) is 12.4 Å². The molecule has 0 amide bonds. The molecule has 0 saturated carbocycles. The predicted molar refractivity (Wildman–Crippen MR) is 57.3 cm³/mol. The fourth-order valence-corrected chi connectivity index (χ4v) is 1.15. The number of nitrogens with zero attached hydrogens (tertiary/aromatic N) is 4. The van der Waals surface area contributed by atoms with Gasteiger partial charge in [0.05, 0.1) is 0 Å². The number of anilines is 1. The van der Waals surface area contributed by atoms with Crippen LogP contribution in [0.5, 0.6) is 0 Å². The number of rotatable bonds is 2. The Bertz CT molecular complexity index is 434. The van der Waals surface area contributed by atoms with E-state index in [-0.39, 0.29) is 0 Å². The molecule has 0 bridgehead atoms. The van der Waals surface area contributed by atoms with E-state index < -0.39 is 0 Å². The zero-order valence-corrected chi connectivity index (χ0v) is 8.60. The first kappa shape index (κ1) is 9.51. The highest BCUT2D eigenvalue weighted by atomic mass is 15.1. The monoisotopic (exact) mass is 201 g/mol. The van der Waals surface area contributed by atoms with Crippen LogP contribution in [0.25, 0.3) is 11.1 Å². The van der Waals surface area contributed by atoms with E-state index in [2.05, 4.69) is 25.3 Å². The van der Waals surface area contributed by atoms with Crippen molar-refractivity contribution in [3.63, 3.8) is 0 Å². The molecule has 0 unspecified atom stereocenters. The lowest BCUT2D eigenvalue weighted by atomic mass is 10.2. The molecule has 5 heteroatoms. The highest BCUT2D eigenvalue weighted by Crippen LogP contribution is 2.15. The van der Waals surface area contributed by atoms with Crippen LogP contribution in [0, 0.1) is 6.92 Å². The molecular weight excluding hydrogens is 190 g/mol. The van der Waals surface area contributed by atoms with Crippen LogP contribution in [0.15, 0.2) is 24.8 Å². The minimum absolute atomic E-state index is 0.604. The Morgan fingerprint density at radius 2 is 1.33 bits per heavy atom. The van der Waals surface area contributed by atoms with Crippen LogP contribution in [0.1, 0.15) is 5.82 Å². The highest BCUT2D eigenvalue weighted by molar-refractivity contribution is 5.59. The summed E-state index contributed by atoms with van der Waals surface area (Å²) in [5.74, 6) is 1.36. The summed E-state index contributed by atoms with van der Waals surface area (Å²) < 4.78 is 0. The van der Waals surface area contributed by atoms with E-state index >= 15 is 0 Å². The lowest BCUT2D eigenvalue weighted by Gasteiger charge is -2.01. The van der Waals surface area contributed by atoms with Crippen LogP contribution in [0.4, 0.5) is 5.95 Å². The van der Waals surface area contributed by atoms with E-state index in [1.807, 2.05) is 6.92 Å². The second-order valence-corrected chi connectivity index (χ2v) is 3.06. The van der Waals surface area contributed by atoms with Gasteiger partial charge < -0.3 is 5.32 Å². The van der Waals surface area contributed by atoms with Crippen molar-refractivity contribution in [3.05, 3.63) is 30.6 Å². The lowest BCUT2D eigenvalue weighted by molar-refractivity contribution is 1.05. The fourth-order valence-electron chi connectivity index (χ4n) is 1.15.